The summed E-state index contributed by atoms with van der Waals surface area (Å²) in [6.45, 7) is 2.66. The molecule has 0 bridgehead atoms. The average molecular weight is 370 g/mol. The van der Waals surface area contributed by atoms with Gasteiger partial charge in [-0.25, -0.2) is 9.97 Å². The molecule has 0 unspecified atom stereocenters. The largest absolute Gasteiger partial charge is 0.475 e. The highest BCUT2D eigenvalue weighted by atomic mass is 16.5. The number of pyridine rings is 1. The van der Waals surface area contributed by atoms with Crippen molar-refractivity contribution in [2.45, 2.75) is 25.4 Å². The van der Waals surface area contributed by atoms with E-state index in [0.717, 1.165) is 37.3 Å². The van der Waals surface area contributed by atoms with Gasteiger partial charge in [-0.05, 0) is 25.5 Å². The Hall–Kier alpha value is -2.78. The number of methoxy groups -OCH3 is 1. The predicted octanol–water partition coefficient (Wildman–Crippen LogP) is 2.22. The van der Waals surface area contributed by atoms with Crippen molar-refractivity contribution < 1.29 is 14.0 Å². The third-order valence-electron chi connectivity index (χ3n) is 4.53. The SMILES string of the molecule is COCCOc1cc(-c2noc([C@@H]3CCCN3Cc3ncc[nH]3)n2)ccn1. The van der Waals surface area contributed by atoms with Crippen molar-refractivity contribution in [3.8, 4) is 17.3 Å². The number of aromatic nitrogens is 5. The Balaban J connectivity index is 1.47. The van der Waals surface area contributed by atoms with Gasteiger partial charge in [-0.3, -0.25) is 4.90 Å². The monoisotopic (exact) mass is 370 g/mol. The first-order valence-corrected chi connectivity index (χ1v) is 8.97. The van der Waals surface area contributed by atoms with Crippen LogP contribution in [-0.2, 0) is 11.3 Å². The summed E-state index contributed by atoms with van der Waals surface area (Å²) < 4.78 is 16.1. The van der Waals surface area contributed by atoms with Crippen molar-refractivity contribution in [2.24, 2.45) is 0 Å². The first kappa shape index (κ1) is 17.6. The van der Waals surface area contributed by atoms with Crippen LogP contribution in [-0.4, -0.2) is 56.9 Å². The Bertz CT molecular complexity index is 850. The summed E-state index contributed by atoms with van der Waals surface area (Å²) in [5, 5.41) is 4.16. The number of aromatic amines is 1. The molecule has 4 heterocycles. The highest BCUT2D eigenvalue weighted by Gasteiger charge is 2.31. The minimum Gasteiger partial charge on any atom is -0.475 e. The molecule has 0 aromatic carbocycles. The number of likely N-dealkylation sites (tertiary alicyclic amines) is 1. The molecule has 0 radical (unpaired) electrons. The van der Waals surface area contributed by atoms with E-state index in [1.807, 2.05) is 12.3 Å². The maximum absolute atomic E-state index is 5.58. The van der Waals surface area contributed by atoms with Gasteiger partial charge in [0.1, 0.15) is 12.4 Å². The van der Waals surface area contributed by atoms with Crippen LogP contribution in [0.15, 0.2) is 35.2 Å². The summed E-state index contributed by atoms with van der Waals surface area (Å²) in [6.07, 6.45) is 7.36. The van der Waals surface area contributed by atoms with E-state index in [9.17, 15) is 0 Å². The zero-order valence-corrected chi connectivity index (χ0v) is 15.2. The second kappa shape index (κ2) is 8.28. The van der Waals surface area contributed by atoms with Gasteiger partial charge in [-0.1, -0.05) is 5.16 Å². The summed E-state index contributed by atoms with van der Waals surface area (Å²) in [5.41, 5.74) is 0.808. The van der Waals surface area contributed by atoms with Crippen LogP contribution in [0.4, 0.5) is 0 Å². The van der Waals surface area contributed by atoms with Gasteiger partial charge in [0.15, 0.2) is 0 Å². The molecule has 0 spiro atoms. The fourth-order valence-corrected chi connectivity index (χ4v) is 3.22. The maximum atomic E-state index is 5.58. The van der Waals surface area contributed by atoms with Crippen molar-refractivity contribution in [2.75, 3.05) is 26.9 Å². The maximum Gasteiger partial charge on any atom is 0.244 e. The molecule has 1 aliphatic heterocycles. The third-order valence-corrected chi connectivity index (χ3v) is 4.53. The highest BCUT2D eigenvalue weighted by molar-refractivity contribution is 5.55. The Labute approximate surface area is 156 Å². The summed E-state index contributed by atoms with van der Waals surface area (Å²) in [6, 6.07) is 3.75. The van der Waals surface area contributed by atoms with Crippen molar-refractivity contribution in [3.05, 3.63) is 42.4 Å². The van der Waals surface area contributed by atoms with Gasteiger partial charge in [0.2, 0.25) is 17.6 Å². The molecule has 1 N–H and O–H groups in total. The van der Waals surface area contributed by atoms with Crippen LogP contribution in [0.5, 0.6) is 5.88 Å². The van der Waals surface area contributed by atoms with Crippen LogP contribution in [0.3, 0.4) is 0 Å². The summed E-state index contributed by atoms with van der Waals surface area (Å²) in [4.78, 5) is 18.6. The summed E-state index contributed by atoms with van der Waals surface area (Å²) in [7, 11) is 1.63. The molecule has 9 nitrogen and oxygen atoms in total. The lowest BCUT2D eigenvalue weighted by atomic mass is 10.2. The van der Waals surface area contributed by atoms with Gasteiger partial charge in [-0.15, -0.1) is 0 Å². The highest BCUT2D eigenvalue weighted by Crippen LogP contribution is 2.33. The molecule has 0 aliphatic carbocycles. The standard InChI is InChI=1S/C18H22N6O3/c1-25-9-10-26-16-11-13(4-5-21-16)17-22-18(27-23-17)14-3-2-8-24(14)12-15-19-6-7-20-15/h4-7,11,14H,2-3,8-10,12H2,1H3,(H,19,20)/t14-/m0/s1. The number of ether oxygens (including phenoxy) is 2. The van der Waals surface area contributed by atoms with E-state index < -0.39 is 0 Å². The molecule has 1 fully saturated rings. The van der Waals surface area contributed by atoms with Crippen LogP contribution in [0.25, 0.3) is 11.4 Å². The molecule has 142 valence electrons. The molecule has 3 aromatic heterocycles. The number of hydrogen-bond acceptors (Lipinski definition) is 8. The van der Waals surface area contributed by atoms with Crippen LogP contribution in [0.2, 0.25) is 0 Å². The van der Waals surface area contributed by atoms with Crippen LogP contribution in [0.1, 0.15) is 30.6 Å². The normalized spacial score (nSPS) is 17.4. The fraction of sp³-hybridized carbons (Fsp3) is 0.444. The number of hydrogen-bond donors (Lipinski definition) is 1. The van der Waals surface area contributed by atoms with Crippen molar-refractivity contribution in [1.29, 1.82) is 0 Å². The Morgan fingerprint density at radius 3 is 3.11 bits per heavy atom. The molecule has 1 saturated heterocycles. The lowest BCUT2D eigenvalue weighted by Crippen LogP contribution is -2.23. The molecule has 1 aliphatic rings. The van der Waals surface area contributed by atoms with E-state index >= 15 is 0 Å². The third kappa shape index (κ3) is 4.15. The number of nitrogens with one attached hydrogen (secondary N) is 1. The minimum absolute atomic E-state index is 0.107. The van der Waals surface area contributed by atoms with Crippen LogP contribution >= 0.6 is 0 Å². The molecule has 0 saturated carbocycles. The second-order valence-corrected chi connectivity index (χ2v) is 6.34. The van der Waals surface area contributed by atoms with E-state index in [2.05, 4.69) is 30.0 Å². The average Bonchev–Trinajstić information content (AvgIpc) is 3.44. The van der Waals surface area contributed by atoms with Crippen LogP contribution < -0.4 is 4.74 Å². The fourth-order valence-electron chi connectivity index (χ4n) is 3.22. The molecule has 3 aromatic rings. The Morgan fingerprint density at radius 2 is 2.26 bits per heavy atom. The Kier molecular flexibility index (Phi) is 5.40. The Morgan fingerprint density at radius 1 is 1.30 bits per heavy atom. The lowest BCUT2D eigenvalue weighted by molar-refractivity contribution is 0.144. The quantitative estimate of drug-likeness (QED) is 0.602. The number of H-pyrrole nitrogens is 1. The molecule has 27 heavy (non-hydrogen) atoms. The number of rotatable bonds is 8. The van der Waals surface area contributed by atoms with E-state index in [-0.39, 0.29) is 6.04 Å². The van der Waals surface area contributed by atoms with Crippen molar-refractivity contribution >= 4 is 0 Å². The number of imidazole rings is 1. The zero-order chi connectivity index (χ0) is 18.5. The van der Waals surface area contributed by atoms with E-state index in [1.54, 1.807) is 25.6 Å². The molecule has 4 rings (SSSR count). The first-order valence-electron chi connectivity index (χ1n) is 8.97. The van der Waals surface area contributed by atoms with Crippen LogP contribution in [0, 0.1) is 0 Å². The van der Waals surface area contributed by atoms with E-state index in [4.69, 9.17) is 14.0 Å². The first-order chi connectivity index (χ1) is 13.3. The topological polar surface area (TPSA) is 102 Å². The van der Waals surface area contributed by atoms with Crippen molar-refractivity contribution in [1.82, 2.24) is 30.0 Å². The summed E-state index contributed by atoms with van der Waals surface area (Å²) in [5.74, 6) is 2.62. The van der Waals surface area contributed by atoms with Gasteiger partial charge in [-0.2, -0.15) is 4.98 Å². The minimum atomic E-state index is 0.107. The molecule has 0 amide bonds. The molecular weight excluding hydrogens is 348 g/mol. The molecule has 1 atom stereocenters. The van der Waals surface area contributed by atoms with Crippen molar-refractivity contribution in [3.63, 3.8) is 0 Å². The van der Waals surface area contributed by atoms with Gasteiger partial charge in [0.25, 0.3) is 0 Å². The van der Waals surface area contributed by atoms with Gasteiger partial charge in [0, 0.05) is 37.3 Å². The summed E-state index contributed by atoms with van der Waals surface area (Å²) >= 11 is 0. The van der Waals surface area contributed by atoms with E-state index in [1.165, 1.54) is 0 Å². The van der Waals surface area contributed by atoms with E-state index in [0.29, 0.717) is 30.8 Å². The zero-order valence-electron chi connectivity index (χ0n) is 15.2. The molecular formula is C18H22N6O3. The molecule has 9 heteroatoms. The van der Waals surface area contributed by atoms with Gasteiger partial charge >= 0.3 is 0 Å². The lowest BCUT2D eigenvalue weighted by Gasteiger charge is -2.19. The second-order valence-electron chi connectivity index (χ2n) is 6.34. The predicted molar refractivity (Wildman–Crippen MR) is 95.9 cm³/mol. The number of nitrogens with zero attached hydrogens (tertiary/aromatic N) is 5. The van der Waals surface area contributed by atoms with Gasteiger partial charge in [0.05, 0.1) is 19.2 Å². The van der Waals surface area contributed by atoms with Gasteiger partial charge < -0.3 is 19.0 Å². The smallest absolute Gasteiger partial charge is 0.244 e.